The predicted octanol–water partition coefficient (Wildman–Crippen LogP) is 3.01. The highest BCUT2D eigenvalue weighted by Crippen LogP contribution is 2.05. The summed E-state index contributed by atoms with van der Waals surface area (Å²) < 4.78 is 0. The van der Waals surface area contributed by atoms with E-state index in [0.29, 0.717) is 12.1 Å². The van der Waals surface area contributed by atoms with Crippen LogP contribution < -0.4 is 10.6 Å². The summed E-state index contributed by atoms with van der Waals surface area (Å²) in [5.74, 6) is 0.915. The molecule has 0 radical (unpaired) electrons. The minimum atomic E-state index is 0. The Morgan fingerprint density at radius 1 is 0.917 bits per heavy atom. The molecule has 0 aromatic rings. The topological polar surface area (TPSA) is 42.9 Å². The van der Waals surface area contributed by atoms with E-state index in [-0.39, 0.29) is 24.0 Å². The summed E-state index contributed by atoms with van der Waals surface area (Å²) in [5, 5.41) is 6.83. The summed E-state index contributed by atoms with van der Waals surface area (Å²) in [7, 11) is 1.84. The second-order valence-corrected chi connectivity index (χ2v) is 6.64. The minimum Gasteiger partial charge on any atom is -0.356 e. The molecule has 0 aliphatic rings. The van der Waals surface area contributed by atoms with Gasteiger partial charge in [-0.3, -0.25) is 9.89 Å². The van der Waals surface area contributed by atoms with Crippen molar-refractivity contribution in [2.75, 3.05) is 46.3 Å². The highest BCUT2D eigenvalue weighted by atomic mass is 127. The molecule has 0 saturated carbocycles. The lowest BCUT2D eigenvalue weighted by atomic mass is 10.2. The molecule has 0 unspecified atom stereocenters. The number of likely N-dealkylation sites (N-methyl/N-ethyl adjacent to an activating group) is 1. The van der Waals surface area contributed by atoms with Crippen LogP contribution >= 0.6 is 24.0 Å². The molecular formula is C18H42IN5. The molecule has 0 atom stereocenters. The zero-order valence-corrected chi connectivity index (χ0v) is 19.4. The second-order valence-electron chi connectivity index (χ2n) is 6.64. The van der Waals surface area contributed by atoms with Gasteiger partial charge in [-0.1, -0.05) is 13.8 Å². The fourth-order valence-corrected chi connectivity index (χ4v) is 2.88. The standard InChI is InChI=1S/C18H41N5.HI/c1-8-13-22(9-2)15-12-21-18(19-7)20-11-10-14-23(16(3)4)17(5)6;/h16-17H,8-15H2,1-7H3,(H2,19,20,21);1H. The molecule has 24 heavy (non-hydrogen) atoms. The summed E-state index contributed by atoms with van der Waals surface area (Å²) in [4.78, 5) is 9.30. The maximum absolute atomic E-state index is 4.31. The molecule has 0 amide bonds. The maximum atomic E-state index is 4.31. The molecule has 5 nitrogen and oxygen atoms in total. The zero-order chi connectivity index (χ0) is 17.7. The molecule has 0 aromatic carbocycles. The van der Waals surface area contributed by atoms with Crippen molar-refractivity contribution in [3.05, 3.63) is 0 Å². The number of hydrogen-bond acceptors (Lipinski definition) is 3. The van der Waals surface area contributed by atoms with E-state index < -0.39 is 0 Å². The van der Waals surface area contributed by atoms with Crippen molar-refractivity contribution < 1.29 is 0 Å². The largest absolute Gasteiger partial charge is 0.356 e. The van der Waals surface area contributed by atoms with Crippen molar-refractivity contribution in [2.45, 2.75) is 66.5 Å². The molecule has 0 fully saturated rings. The van der Waals surface area contributed by atoms with E-state index in [1.54, 1.807) is 0 Å². The van der Waals surface area contributed by atoms with Crippen LogP contribution in [0.3, 0.4) is 0 Å². The number of aliphatic imine (C=N–C) groups is 1. The Bertz CT molecular complexity index is 300. The van der Waals surface area contributed by atoms with Gasteiger partial charge in [-0.15, -0.1) is 24.0 Å². The highest BCUT2D eigenvalue weighted by Gasteiger charge is 2.12. The van der Waals surface area contributed by atoms with Crippen LogP contribution in [0.15, 0.2) is 4.99 Å². The lowest BCUT2D eigenvalue weighted by Crippen LogP contribution is -2.43. The molecule has 0 aliphatic heterocycles. The van der Waals surface area contributed by atoms with Crippen LogP contribution in [0.5, 0.6) is 0 Å². The molecule has 0 aliphatic carbocycles. The Morgan fingerprint density at radius 3 is 1.96 bits per heavy atom. The molecule has 0 spiro atoms. The molecular weight excluding hydrogens is 413 g/mol. The molecule has 0 bridgehead atoms. The number of guanidine groups is 1. The lowest BCUT2D eigenvalue weighted by molar-refractivity contribution is 0.173. The predicted molar refractivity (Wildman–Crippen MR) is 119 cm³/mol. The maximum Gasteiger partial charge on any atom is 0.191 e. The van der Waals surface area contributed by atoms with Gasteiger partial charge in [-0.25, -0.2) is 0 Å². The first kappa shape index (κ1) is 26.2. The van der Waals surface area contributed by atoms with Crippen molar-refractivity contribution in [1.82, 2.24) is 20.4 Å². The minimum absolute atomic E-state index is 0. The van der Waals surface area contributed by atoms with Gasteiger partial charge in [0.25, 0.3) is 0 Å². The van der Waals surface area contributed by atoms with E-state index in [1.807, 2.05) is 7.05 Å². The van der Waals surface area contributed by atoms with Crippen LogP contribution in [-0.2, 0) is 0 Å². The highest BCUT2D eigenvalue weighted by molar-refractivity contribution is 14.0. The van der Waals surface area contributed by atoms with Crippen LogP contribution in [0.25, 0.3) is 0 Å². The van der Waals surface area contributed by atoms with Gasteiger partial charge in [0.15, 0.2) is 5.96 Å². The Balaban J connectivity index is 0. The smallest absolute Gasteiger partial charge is 0.191 e. The van der Waals surface area contributed by atoms with E-state index in [9.17, 15) is 0 Å². The summed E-state index contributed by atoms with van der Waals surface area (Å²) in [6, 6.07) is 1.21. The summed E-state index contributed by atoms with van der Waals surface area (Å²) in [6.07, 6.45) is 2.34. The van der Waals surface area contributed by atoms with E-state index in [4.69, 9.17) is 0 Å². The number of rotatable bonds is 12. The molecule has 0 aromatic heterocycles. The first-order valence-electron chi connectivity index (χ1n) is 9.38. The molecule has 6 heteroatoms. The summed E-state index contributed by atoms with van der Waals surface area (Å²) >= 11 is 0. The van der Waals surface area contributed by atoms with Gasteiger partial charge < -0.3 is 15.5 Å². The van der Waals surface area contributed by atoms with Crippen LogP contribution in [0.1, 0.15) is 54.4 Å². The Morgan fingerprint density at radius 2 is 1.50 bits per heavy atom. The van der Waals surface area contributed by atoms with E-state index in [1.165, 1.54) is 13.0 Å². The molecule has 0 heterocycles. The van der Waals surface area contributed by atoms with Crippen molar-refractivity contribution in [2.24, 2.45) is 4.99 Å². The molecule has 2 N–H and O–H groups in total. The molecule has 0 saturated heterocycles. The number of nitrogens with zero attached hydrogens (tertiary/aromatic N) is 3. The fourth-order valence-electron chi connectivity index (χ4n) is 2.88. The first-order chi connectivity index (χ1) is 11.0. The average Bonchev–Trinajstić information content (AvgIpc) is 2.51. The third-order valence-electron chi connectivity index (χ3n) is 4.14. The normalized spacial score (nSPS) is 12.2. The molecule has 146 valence electrons. The monoisotopic (exact) mass is 455 g/mol. The quantitative estimate of drug-likeness (QED) is 0.206. The van der Waals surface area contributed by atoms with Gasteiger partial charge >= 0.3 is 0 Å². The molecule has 0 rings (SSSR count). The van der Waals surface area contributed by atoms with Crippen molar-refractivity contribution in [1.29, 1.82) is 0 Å². The van der Waals surface area contributed by atoms with Gasteiger partial charge in [0.2, 0.25) is 0 Å². The number of hydrogen-bond donors (Lipinski definition) is 2. The van der Waals surface area contributed by atoms with Gasteiger partial charge in [0.1, 0.15) is 0 Å². The van der Waals surface area contributed by atoms with E-state index in [0.717, 1.165) is 45.1 Å². The lowest BCUT2D eigenvalue weighted by Gasteiger charge is -2.30. The third kappa shape index (κ3) is 12.3. The van der Waals surface area contributed by atoms with E-state index in [2.05, 4.69) is 67.0 Å². The van der Waals surface area contributed by atoms with Gasteiger partial charge in [0, 0.05) is 45.3 Å². The fraction of sp³-hybridized carbons (Fsp3) is 0.944. The van der Waals surface area contributed by atoms with Crippen molar-refractivity contribution in [3.63, 3.8) is 0 Å². The third-order valence-corrected chi connectivity index (χ3v) is 4.14. The summed E-state index contributed by atoms with van der Waals surface area (Å²) in [5.41, 5.74) is 0. The van der Waals surface area contributed by atoms with Crippen LogP contribution in [0.4, 0.5) is 0 Å². The number of nitrogens with one attached hydrogen (secondary N) is 2. The average molecular weight is 455 g/mol. The Labute approximate surface area is 168 Å². The second kappa shape index (κ2) is 16.4. The zero-order valence-electron chi connectivity index (χ0n) is 17.1. The van der Waals surface area contributed by atoms with Crippen molar-refractivity contribution in [3.8, 4) is 0 Å². The van der Waals surface area contributed by atoms with Gasteiger partial charge in [0.05, 0.1) is 0 Å². The van der Waals surface area contributed by atoms with Gasteiger partial charge in [-0.05, 0) is 53.6 Å². The first-order valence-corrected chi connectivity index (χ1v) is 9.38. The summed E-state index contributed by atoms with van der Waals surface area (Å²) in [6.45, 7) is 19.9. The van der Waals surface area contributed by atoms with E-state index >= 15 is 0 Å². The number of halogens is 1. The van der Waals surface area contributed by atoms with Crippen molar-refractivity contribution >= 4 is 29.9 Å². The Kier molecular flexibility index (Phi) is 17.9. The van der Waals surface area contributed by atoms with Crippen LogP contribution in [0.2, 0.25) is 0 Å². The van der Waals surface area contributed by atoms with Gasteiger partial charge in [-0.2, -0.15) is 0 Å². The SMILES string of the molecule is CCCN(CC)CCNC(=NC)NCCCN(C(C)C)C(C)C.I. The van der Waals surface area contributed by atoms with Crippen LogP contribution in [-0.4, -0.2) is 74.2 Å². The van der Waals surface area contributed by atoms with Crippen LogP contribution in [0, 0.1) is 0 Å². The Hall–Kier alpha value is -0.0800.